The number of allylic oxidation sites excluding steroid dienone is 1. The molecule has 5 nitrogen and oxygen atoms in total. The predicted molar refractivity (Wildman–Crippen MR) is 99.9 cm³/mol. The number of hydrogen-bond acceptors (Lipinski definition) is 5. The lowest BCUT2D eigenvalue weighted by molar-refractivity contribution is -0.123. The molecule has 0 saturated heterocycles. The molecule has 0 aliphatic heterocycles. The molecule has 0 aliphatic carbocycles. The molecule has 25 heavy (non-hydrogen) atoms. The van der Waals surface area contributed by atoms with Crippen molar-refractivity contribution in [3.05, 3.63) is 51.2 Å². The number of likely N-dealkylation sites (N-methyl/N-ethyl adjacent to an activating group) is 1. The normalized spacial score (nSPS) is 10.7. The summed E-state index contributed by atoms with van der Waals surface area (Å²) in [5.41, 5.74) is 0.776. The van der Waals surface area contributed by atoms with E-state index in [2.05, 4.69) is 5.32 Å². The lowest BCUT2D eigenvalue weighted by Crippen LogP contribution is -2.28. The topological polar surface area (TPSA) is 64.6 Å². The lowest BCUT2D eigenvalue weighted by Gasteiger charge is -2.11. The summed E-state index contributed by atoms with van der Waals surface area (Å²) in [6, 6.07) is 8.60. The van der Waals surface area contributed by atoms with Gasteiger partial charge in [0, 0.05) is 6.54 Å². The highest BCUT2D eigenvalue weighted by Crippen LogP contribution is 2.29. The van der Waals surface area contributed by atoms with Crippen molar-refractivity contribution in [3.63, 3.8) is 0 Å². The maximum absolute atomic E-state index is 12.1. The molecule has 1 aromatic heterocycles. The van der Waals surface area contributed by atoms with Crippen LogP contribution in [0.4, 0.5) is 0 Å². The van der Waals surface area contributed by atoms with E-state index in [1.807, 2.05) is 6.92 Å². The number of carbonyl (C=O) groups is 2. The van der Waals surface area contributed by atoms with Crippen LogP contribution in [0.1, 0.15) is 22.2 Å². The van der Waals surface area contributed by atoms with E-state index in [0.29, 0.717) is 27.3 Å². The van der Waals surface area contributed by atoms with Gasteiger partial charge in [-0.25, -0.2) is 0 Å². The highest BCUT2D eigenvalue weighted by molar-refractivity contribution is 7.18. The molecular formula is C18H18ClNO4S. The Hall–Kier alpha value is -2.31. The molecule has 0 fully saturated rings. The second-order valence-corrected chi connectivity index (χ2v) is 6.67. The van der Waals surface area contributed by atoms with Gasteiger partial charge in [-0.3, -0.25) is 9.59 Å². The zero-order valence-corrected chi connectivity index (χ0v) is 15.4. The number of rotatable bonds is 8. The summed E-state index contributed by atoms with van der Waals surface area (Å²) < 4.78 is 11.3. The Balaban J connectivity index is 2.06. The molecule has 0 atom stereocenters. The summed E-state index contributed by atoms with van der Waals surface area (Å²) in [4.78, 5) is 24.1. The van der Waals surface area contributed by atoms with Crippen molar-refractivity contribution in [2.45, 2.75) is 6.92 Å². The fourth-order valence-electron chi connectivity index (χ4n) is 2.00. The number of ketones is 1. The second kappa shape index (κ2) is 9.25. The van der Waals surface area contributed by atoms with Crippen LogP contribution in [0.2, 0.25) is 4.34 Å². The largest absolute Gasteiger partial charge is 0.493 e. The molecule has 1 heterocycles. The Morgan fingerprint density at radius 2 is 2.04 bits per heavy atom. The van der Waals surface area contributed by atoms with E-state index >= 15 is 0 Å². The molecule has 2 rings (SSSR count). The Bertz CT molecular complexity index is 785. The van der Waals surface area contributed by atoms with Gasteiger partial charge < -0.3 is 14.8 Å². The number of thiophene rings is 1. The molecule has 1 aromatic carbocycles. The Kier molecular flexibility index (Phi) is 7.03. The van der Waals surface area contributed by atoms with Crippen molar-refractivity contribution in [3.8, 4) is 11.5 Å². The standard InChI is InChI=1S/C18H18ClNO4S/c1-3-20-18(22)11-24-14-7-5-12(10-15(14)23-2)4-6-13(21)16-8-9-17(19)25-16/h4-10H,3,11H2,1-2H3,(H,20,22). The van der Waals surface area contributed by atoms with Crippen LogP contribution in [0.3, 0.4) is 0 Å². The summed E-state index contributed by atoms with van der Waals surface area (Å²) in [6.07, 6.45) is 3.16. The number of hydrogen-bond donors (Lipinski definition) is 1. The first-order valence-corrected chi connectivity index (χ1v) is 8.78. The van der Waals surface area contributed by atoms with E-state index in [0.717, 1.165) is 5.56 Å². The van der Waals surface area contributed by atoms with Crippen LogP contribution >= 0.6 is 22.9 Å². The molecule has 0 unspecified atom stereocenters. The van der Waals surface area contributed by atoms with E-state index < -0.39 is 0 Å². The third-order valence-electron chi connectivity index (χ3n) is 3.16. The van der Waals surface area contributed by atoms with E-state index in [9.17, 15) is 9.59 Å². The minimum Gasteiger partial charge on any atom is -0.493 e. The van der Waals surface area contributed by atoms with Crippen molar-refractivity contribution >= 4 is 40.7 Å². The van der Waals surface area contributed by atoms with Gasteiger partial charge >= 0.3 is 0 Å². The van der Waals surface area contributed by atoms with E-state index in [-0.39, 0.29) is 18.3 Å². The number of nitrogens with one attached hydrogen (secondary N) is 1. The van der Waals surface area contributed by atoms with Crippen LogP contribution in [0, 0.1) is 0 Å². The second-order valence-electron chi connectivity index (χ2n) is 4.95. The molecule has 132 valence electrons. The summed E-state index contributed by atoms with van der Waals surface area (Å²) in [7, 11) is 1.51. The molecule has 0 aliphatic rings. The van der Waals surface area contributed by atoms with Gasteiger partial charge in [-0.05, 0) is 42.8 Å². The molecule has 0 spiro atoms. The zero-order valence-electron chi connectivity index (χ0n) is 13.9. The van der Waals surface area contributed by atoms with Crippen molar-refractivity contribution in [2.75, 3.05) is 20.3 Å². The first kappa shape index (κ1) is 19.0. The van der Waals surface area contributed by atoms with Crippen molar-refractivity contribution < 1.29 is 19.1 Å². The molecule has 1 N–H and O–H groups in total. The van der Waals surface area contributed by atoms with Gasteiger partial charge in [0.05, 0.1) is 16.3 Å². The number of benzene rings is 1. The fourth-order valence-corrected chi connectivity index (χ4v) is 2.96. The SMILES string of the molecule is CCNC(=O)COc1ccc(C=CC(=O)c2ccc(Cl)s2)cc1OC. The Labute approximate surface area is 155 Å². The Morgan fingerprint density at radius 1 is 1.24 bits per heavy atom. The van der Waals surface area contributed by atoms with Crippen molar-refractivity contribution in [1.29, 1.82) is 0 Å². The van der Waals surface area contributed by atoms with Gasteiger partial charge in [0.15, 0.2) is 23.9 Å². The predicted octanol–water partition coefficient (Wildman–Crippen LogP) is 3.82. The van der Waals surface area contributed by atoms with E-state index in [4.69, 9.17) is 21.1 Å². The third-order valence-corrected chi connectivity index (χ3v) is 4.41. The van der Waals surface area contributed by atoms with Gasteiger partial charge in [0.1, 0.15) is 0 Å². The fraction of sp³-hybridized carbons (Fsp3) is 0.222. The van der Waals surface area contributed by atoms with Gasteiger partial charge in [0.2, 0.25) is 0 Å². The molecule has 2 aromatic rings. The Morgan fingerprint density at radius 3 is 2.68 bits per heavy atom. The average molecular weight is 380 g/mol. The molecule has 0 saturated carbocycles. The maximum Gasteiger partial charge on any atom is 0.257 e. The van der Waals surface area contributed by atoms with Gasteiger partial charge in [-0.1, -0.05) is 23.7 Å². The molecule has 1 amide bonds. The maximum atomic E-state index is 12.1. The number of amides is 1. The smallest absolute Gasteiger partial charge is 0.257 e. The third kappa shape index (κ3) is 5.62. The average Bonchev–Trinajstić information content (AvgIpc) is 3.05. The highest BCUT2D eigenvalue weighted by Gasteiger charge is 2.08. The first-order valence-electron chi connectivity index (χ1n) is 7.58. The van der Waals surface area contributed by atoms with Crippen molar-refractivity contribution in [2.24, 2.45) is 0 Å². The van der Waals surface area contributed by atoms with Crippen LogP contribution in [-0.4, -0.2) is 32.0 Å². The molecule has 0 radical (unpaired) electrons. The van der Waals surface area contributed by atoms with Crippen LogP contribution in [0.5, 0.6) is 11.5 Å². The van der Waals surface area contributed by atoms with E-state index in [1.54, 1.807) is 36.4 Å². The van der Waals surface area contributed by atoms with Gasteiger partial charge in [-0.15, -0.1) is 11.3 Å². The number of methoxy groups -OCH3 is 1. The minimum absolute atomic E-state index is 0.0863. The lowest BCUT2D eigenvalue weighted by atomic mass is 10.1. The minimum atomic E-state index is -0.200. The van der Waals surface area contributed by atoms with Crippen LogP contribution < -0.4 is 14.8 Å². The van der Waals surface area contributed by atoms with Gasteiger partial charge in [-0.2, -0.15) is 0 Å². The van der Waals surface area contributed by atoms with Crippen LogP contribution in [-0.2, 0) is 4.79 Å². The summed E-state index contributed by atoms with van der Waals surface area (Å²) in [5, 5.41) is 2.65. The summed E-state index contributed by atoms with van der Waals surface area (Å²) >= 11 is 7.07. The quantitative estimate of drug-likeness (QED) is 0.559. The zero-order chi connectivity index (χ0) is 18.2. The molecule has 0 bridgehead atoms. The van der Waals surface area contributed by atoms with Crippen LogP contribution in [0.15, 0.2) is 36.4 Å². The van der Waals surface area contributed by atoms with E-state index in [1.165, 1.54) is 24.5 Å². The first-order chi connectivity index (χ1) is 12.0. The number of ether oxygens (including phenoxy) is 2. The number of halogens is 1. The molecular weight excluding hydrogens is 362 g/mol. The monoisotopic (exact) mass is 379 g/mol. The summed E-state index contributed by atoms with van der Waals surface area (Å²) in [6.45, 7) is 2.30. The highest BCUT2D eigenvalue weighted by atomic mass is 35.5. The van der Waals surface area contributed by atoms with Crippen LogP contribution in [0.25, 0.3) is 6.08 Å². The summed E-state index contributed by atoms with van der Waals surface area (Å²) in [5.74, 6) is 0.626. The number of carbonyl (C=O) groups excluding carboxylic acids is 2. The van der Waals surface area contributed by atoms with Gasteiger partial charge in [0.25, 0.3) is 5.91 Å². The van der Waals surface area contributed by atoms with Crippen molar-refractivity contribution in [1.82, 2.24) is 5.32 Å². The molecule has 7 heteroatoms.